The zero-order valence-electron chi connectivity index (χ0n) is 16.5. The number of benzene rings is 1. The molecule has 1 saturated heterocycles. The maximum atomic E-state index is 12.8. The van der Waals surface area contributed by atoms with Crippen molar-refractivity contribution in [2.75, 3.05) is 25.4 Å². The Balaban J connectivity index is 1.11. The number of alkyl halides is 3. The summed E-state index contributed by atoms with van der Waals surface area (Å²) >= 11 is 1.76. The van der Waals surface area contributed by atoms with Gasteiger partial charge in [0.1, 0.15) is 5.82 Å². The van der Waals surface area contributed by atoms with Crippen molar-refractivity contribution in [3.8, 4) is 0 Å². The third kappa shape index (κ3) is 3.69. The molecule has 1 aromatic carbocycles. The average Bonchev–Trinajstić information content (AvgIpc) is 3.59. The molecule has 2 heterocycles. The van der Waals surface area contributed by atoms with Crippen LogP contribution >= 0.6 is 11.8 Å². The van der Waals surface area contributed by atoms with Crippen molar-refractivity contribution in [1.82, 2.24) is 19.7 Å². The van der Waals surface area contributed by atoms with Crippen molar-refractivity contribution >= 4 is 11.8 Å². The summed E-state index contributed by atoms with van der Waals surface area (Å²) in [4.78, 5) is 2.47. The lowest BCUT2D eigenvalue weighted by molar-refractivity contribution is -0.137. The first-order valence-corrected chi connectivity index (χ1v) is 11.3. The Morgan fingerprint density at radius 2 is 1.93 bits per heavy atom. The van der Waals surface area contributed by atoms with Gasteiger partial charge in [-0.25, -0.2) is 0 Å². The van der Waals surface area contributed by atoms with Crippen molar-refractivity contribution in [2.24, 2.45) is 13.0 Å². The SMILES string of the molecule is Cn1c(SCCCN2C[C@@H]3C[C@]3(c3ccc(C(F)(F)F)cc3)C2)nnc1C1CC1. The molecule has 2 atom stereocenters. The van der Waals surface area contributed by atoms with Gasteiger partial charge in [-0.15, -0.1) is 10.2 Å². The van der Waals surface area contributed by atoms with E-state index in [9.17, 15) is 13.2 Å². The molecule has 0 N–H and O–H groups in total. The Morgan fingerprint density at radius 3 is 2.62 bits per heavy atom. The fourth-order valence-electron chi connectivity index (χ4n) is 4.80. The van der Waals surface area contributed by atoms with E-state index in [0.717, 1.165) is 54.8 Å². The zero-order chi connectivity index (χ0) is 20.2. The minimum atomic E-state index is -4.26. The van der Waals surface area contributed by atoms with Gasteiger partial charge in [-0.3, -0.25) is 0 Å². The molecule has 3 fully saturated rings. The lowest BCUT2D eigenvalue weighted by atomic mass is 9.94. The third-order valence-corrected chi connectivity index (χ3v) is 7.77. The van der Waals surface area contributed by atoms with E-state index in [1.54, 1.807) is 23.9 Å². The van der Waals surface area contributed by atoms with Gasteiger partial charge < -0.3 is 9.47 Å². The predicted molar refractivity (Wildman–Crippen MR) is 106 cm³/mol. The van der Waals surface area contributed by atoms with E-state index < -0.39 is 11.7 Å². The van der Waals surface area contributed by atoms with Crippen LogP contribution in [-0.4, -0.2) is 45.1 Å². The maximum absolute atomic E-state index is 12.8. The number of likely N-dealkylation sites (tertiary alicyclic amines) is 1. The first-order chi connectivity index (χ1) is 13.9. The summed E-state index contributed by atoms with van der Waals surface area (Å²) in [5, 5.41) is 9.65. The molecule has 0 unspecified atom stereocenters. The van der Waals surface area contributed by atoms with Crippen LogP contribution < -0.4 is 0 Å². The van der Waals surface area contributed by atoms with E-state index in [-0.39, 0.29) is 5.41 Å². The van der Waals surface area contributed by atoms with Crippen molar-refractivity contribution in [3.63, 3.8) is 0 Å². The maximum Gasteiger partial charge on any atom is 0.416 e. The van der Waals surface area contributed by atoms with E-state index in [2.05, 4.69) is 26.7 Å². The van der Waals surface area contributed by atoms with Gasteiger partial charge >= 0.3 is 6.18 Å². The van der Waals surface area contributed by atoms with Gasteiger partial charge in [0.25, 0.3) is 0 Å². The number of rotatable bonds is 7. The number of hydrogen-bond acceptors (Lipinski definition) is 4. The lowest BCUT2D eigenvalue weighted by Crippen LogP contribution is -2.28. The van der Waals surface area contributed by atoms with E-state index in [1.165, 1.54) is 25.0 Å². The predicted octanol–water partition coefficient (Wildman–Crippen LogP) is 4.47. The molecule has 2 aliphatic carbocycles. The van der Waals surface area contributed by atoms with Gasteiger partial charge in [0.15, 0.2) is 5.16 Å². The highest BCUT2D eigenvalue weighted by Gasteiger charge is 2.60. The Bertz CT molecular complexity index is 890. The monoisotopic (exact) mass is 422 g/mol. The smallest absolute Gasteiger partial charge is 0.309 e. The Morgan fingerprint density at radius 1 is 1.17 bits per heavy atom. The Labute approximate surface area is 172 Å². The summed E-state index contributed by atoms with van der Waals surface area (Å²) in [5.74, 6) is 3.32. The van der Waals surface area contributed by atoms with Crippen molar-refractivity contribution in [1.29, 1.82) is 0 Å². The summed E-state index contributed by atoms with van der Waals surface area (Å²) < 4.78 is 40.6. The molecule has 29 heavy (non-hydrogen) atoms. The molecule has 8 heteroatoms. The van der Waals surface area contributed by atoms with Gasteiger partial charge in [0.05, 0.1) is 5.56 Å². The quantitative estimate of drug-likeness (QED) is 0.487. The van der Waals surface area contributed by atoms with E-state index in [0.29, 0.717) is 11.8 Å². The molecular weight excluding hydrogens is 397 g/mol. The number of aromatic nitrogens is 3. The number of piperidine rings is 1. The van der Waals surface area contributed by atoms with Crippen LogP contribution in [0, 0.1) is 5.92 Å². The molecule has 3 aliphatic rings. The van der Waals surface area contributed by atoms with Crippen LogP contribution in [0.3, 0.4) is 0 Å². The molecule has 1 aromatic heterocycles. The number of nitrogens with zero attached hydrogens (tertiary/aromatic N) is 4. The Kier molecular flexibility index (Phi) is 4.70. The molecule has 1 aliphatic heterocycles. The second kappa shape index (κ2) is 7.01. The molecule has 156 valence electrons. The standard InChI is InChI=1S/C21H25F3N4S/c1-27-18(14-3-4-14)25-26-19(27)29-10-2-9-28-12-17-11-20(17,13-28)15-5-7-16(8-6-15)21(22,23)24/h5-8,14,17H,2-4,9-13H2,1H3/t17-,20+/m0/s1. The van der Waals surface area contributed by atoms with Crippen LogP contribution in [0.5, 0.6) is 0 Å². The number of thioether (sulfide) groups is 1. The summed E-state index contributed by atoms with van der Waals surface area (Å²) in [6, 6.07) is 5.84. The number of fused-ring (bicyclic) bond motifs is 1. The van der Waals surface area contributed by atoms with Crippen molar-refractivity contribution in [2.45, 2.75) is 48.3 Å². The fourth-order valence-corrected chi connectivity index (χ4v) is 5.64. The summed E-state index contributed by atoms with van der Waals surface area (Å²) in [6.45, 7) is 3.05. The first kappa shape index (κ1) is 19.4. The van der Waals surface area contributed by atoms with Crippen LogP contribution in [-0.2, 0) is 18.6 Å². The van der Waals surface area contributed by atoms with Crippen molar-refractivity contribution in [3.05, 3.63) is 41.2 Å². The molecule has 0 amide bonds. The number of halogens is 3. The van der Waals surface area contributed by atoms with Crippen LogP contribution in [0.25, 0.3) is 0 Å². The van der Waals surface area contributed by atoms with Gasteiger partial charge in [0.2, 0.25) is 0 Å². The summed E-state index contributed by atoms with van der Waals surface area (Å²) in [7, 11) is 2.05. The second-order valence-corrected chi connectivity index (χ2v) is 9.81. The van der Waals surface area contributed by atoms with Gasteiger partial charge in [-0.1, -0.05) is 23.9 Å². The summed E-state index contributed by atoms with van der Waals surface area (Å²) in [5.41, 5.74) is 0.592. The van der Waals surface area contributed by atoms with E-state index in [4.69, 9.17) is 0 Å². The molecule has 0 radical (unpaired) electrons. The number of hydrogen-bond donors (Lipinski definition) is 0. The zero-order valence-corrected chi connectivity index (χ0v) is 17.3. The van der Waals surface area contributed by atoms with Gasteiger partial charge in [-0.05, 0) is 55.8 Å². The highest BCUT2D eigenvalue weighted by atomic mass is 32.2. The third-order valence-electron chi connectivity index (χ3n) is 6.66. The molecule has 5 rings (SSSR count). The molecule has 2 saturated carbocycles. The van der Waals surface area contributed by atoms with Crippen LogP contribution in [0.2, 0.25) is 0 Å². The highest BCUT2D eigenvalue weighted by Crippen LogP contribution is 2.59. The minimum absolute atomic E-state index is 0.0834. The minimum Gasteiger partial charge on any atom is -0.309 e. The van der Waals surface area contributed by atoms with Crippen LogP contribution in [0.15, 0.2) is 29.4 Å². The van der Waals surface area contributed by atoms with Crippen molar-refractivity contribution < 1.29 is 13.2 Å². The molecule has 0 spiro atoms. The first-order valence-electron chi connectivity index (χ1n) is 10.3. The van der Waals surface area contributed by atoms with E-state index >= 15 is 0 Å². The molecule has 4 nitrogen and oxygen atoms in total. The van der Waals surface area contributed by atoms with Gasteiger partial charge in [-0.2, -0.15) is 13.2 Å². The Hall–Kier alpha value is -1.54. The normalized spacial score (nSPS) is 26.7. The average molecular weight is 423 g/mol. The second-order valence-electron chi connectivity index (χ2n) is 8.74. The molecule has 0 bridgehead atoms. The van der Waals surface area contributed by atoms with E-state index in [1.807, 2.05) is 0 Å². The van der Waals surface area contributed by atoms with Gasteiger partial charge in [0, 0.05) is 37.2 Å². The largest absolute Gasteiger partial charge is 0.416 e. The van der Waals surface area contributed by atoms with Crippen LogP contribution in [0.1, 0.15) is 48.6 Å². The topological polar surface area (TPSA) is 34.0 Å². The lowest BCUT2D eigenvalue weighted by Gasteiger charge is -2.21. The fraction of sp³-hybridized carbons (Fsp3) is 0.619. The summed E-state index contributed by atoms with van der Waals surface area (Å²) in [6.07, 6.45) is 0.375. The van der Waals surface area contributed by atoms with Crippen LogP contribution in [0.4, 0.5) is 13.2 Å². The highest BCUT2D eigenvalue weighted by molar-refractivity contribution is 7.99. The molecular formula is C21H25F3N4S. The molecule has 2 aromatic rings.